The zero-order chi connectivity index (χ0) is 32.5. The fraction of sp³-hybridized carbons (Fsp3) is 0.512. The Balaban J connectivity index is 0. The van der Waals surface area contributed by atoms with E-state index in [-0.39, 0.29) is 0 Å². The summed E-state index contributed by atoms with van der Waals surface area (Å²) < 4.78 is 0. The maximum Gasteiger partial charge on any atom is 0.0455 e. The SMILES string of the molecule is C#C/C=C(/C)C(CCC)C(CC)C(C)C.CC.CC.CCC(C)c1ccccc1C.Cc1ccc(-c2ccccc2)[nH]1. The van der Waals surface area contributed by atoms with Crippen molar-refractivity contribution in [3.8, 4) is 23.6 Å². The first-order valence-corrected chi connectivity index (χ1v) is 16.6. The number of allylic oxidation sites excluding steroid dienone is 2. The molecule has 0 radical (unpaired) electrons. The molecule has 0 amide bonds. The zero-order valence-electron chi connectivity index (χ0n) is 29.6. The number of aromatic amines is 1. The topological polar surface area (TPSA) is 15.8 Å². The molecule has 1 N–H and O–H groups in total. The summed E-state index contributed by atoms with van der Waals surface area (Å²) in [7, 11) is 0. The highest BCUT2D eigenvalue weighted by Gasteiger charge is 2.23. The number of aromatic nitrogens is 1. The molecule has 1 heteroatoms. The fourth-order valence-electron chi connectivity index (χ4n) is 5.20. The molecule has 0 aliphatic carbocycles. The highest BCUT2D eigenvalue weighted by Crippen LogP contribution is 2.33. The van der Waals surface area contributed by atoms with Crippen molar-refractivity contribution in [3.05, 3.63) is 95.2 Å². The van der Waals surface area contributed by atoms with E-state index in [1.165, 1.54) is 59.3 Å². The van der Waals surface area contributed by atoms with Crippen molar-refractivity contribution in [1.29, 1.82) is 0 Å². The molecular formula is C41H65N. The van der Waals surface area contributed by atoms with Crippen LogP contribution in [0.2, 0.25) is 0 Å². The fourth-order valence-corrected chi connectivity index (χ4v) is 5.20. The maximum absolute atomic E-state index is 5.35. The molecule has 0 bridgehead atoms. The number of rotatable bonds is 9. The van der Waals surface area contributed by atoms with Crippen LogP contribution in [-0.4, -0.2) is 4.98 Å². The molecule has 3 unspecified atom stereocenters. The van der Waals surface area contributed by atoms with Gasteiger partial charge in [0, 0.05) is 11.4 Å². The summed E-state index contributed by atoms with van der Waals surface area (Å²) in [5.74, 6) is 5.56. The predicted molar refractivity (Wildman–Crippen MR) is 193 cm³/mol. The Morgan fingerprint density at radius 1 is 0.810 bits per heavy atom. The molecule has 0 aliphatic heterocycles. The van der Waals surface area contributed by atoms with Gasteiger partial charge in [-0.15, -0.1) is 6.42 Å². The predicted octanol–water partition coefficient (Wildman–Crippen LogP) is 13.2. The third-order valence-electron chi connectivity index (χ3n) is 7.59. The molecular weight excluding hydrogens is 506 g/mol. The maximum atomic E-state index is 5.35. The number of aryl methyl sites for hydroxylation is 2. The quantitative estimate of drug-likeness (QED) is 0.246. The van der Waals surface area contributed by atoms with Gasteiger partial charge in [0.15, 0.2) is 0 Å². The molecule has 42 heavy (non-hydrogen) atoms. The van der Waals surface area contributed by atoms with E-state index in [0.717, 1.165) is 11.8 Å². The second-order valence-electron chi connectivity index (χ2n) is 10.9. The molecule has 0 spiro atoms. The van der Waals surface area contributed by atoms with E-state index in [2.05, 4.69) is 122 Å². The highest BCUT2D eigenvalue weighted by molar-refractivity contribution is 5.59. The summed E-state index contributed by atoms with van der Waals surface area (Å²) in [4.78, 5) is 3.29. The molecule has 234 valence electrons. The lowest BCUT2D eigenvalue weighted by Crippen LogP contribution is -2.20. The molecule has 0 saturated heterocycles. The Morgan fingerprint density at radius 3 is 1.81 bits per heavy atom. The minimum atomic E-state index is 0.677. The third-order valence-corrected chi connectivity index (χ3v) is 7.59. The van der Waals surface area contributed by atoms with Crippen LogP contribution in [0.25, 0.3) is 11.3 Å². The van der Waals surface area contributed by atoms with Crippen LogP contribution in [0.5, 0.6) is 0 Å². The van der Waals surface area contributed by atoms with Crippen molar-refractivity contribution in [2.24, 2.45) is 17.8 Å². The highest BCUT2D eigenvalue weighted by atomic mass is 14.7. The smallest absolute Gasteiger partial charge is 0.0455 e. The molecule has 3 atom stereocenters. The largest absolute Gasteiger partial charge is 0.359 e. The average Bonchev–Trinajstić information content (AvgIpc) is 3.46. The molecule has 3 rings (SSSR count). The summed E-state index contributed by atoms with van der Waals surface area (Å²) >= 11 is 0. The van der Waals surface area contributed by atoms with E-state index in [1.54, 1.807) is 0 Å². The number of nitrogens with one attached hydrogen (secondary N) is 1. The van der Waals surface area contributed by atoms with E-state index >= 15 is 0 Å². The Kier molecular flexibility index (Phi) is 25.2. The molecule has 3 aromatic rings. The van der Waals surface area contributed by atoms with Crippen molar-refractivity contribution in [2.75, 3.05) is 0 Å². The van der Waals surface area contributed by atoms with Gasteiger partial charge in [-0.2, -0.15) is 0 Å². The van der Waals surface area contributed by atoms with Crippen LogP contribution in [-0.2, 0) is 0 Å². The molecule has 0 fully saturated rings. The van der Waals surface area contributed by atoms with E-state index in [4.69, 9.17) is 6.42 Å². The second-order valence-corrected chi connectivity index (χ2v) is 10.9. The first-order chi connectivity index (χ1) is 20.2. The average molecular weight is 572 g/mol. The number of hydrogen-bond acceptors (Lipinski definition) is 0. The Hall–Kier alpha value is -2.98. The third kappa shape index (κ3) is 15.9. The van der Waals surface area contributed by atoms with Crippen LogP contribution in [0.1, 0.15) is 125 Å². The molecule has 0 aliphatic rings. The van der Waals surface area contributed by atoms with Crippen molar-refractivity contribution >= 4 is 0 Å². The Labute approximate surface area is 262 Å². The minimum Gasteiger partial charge on any atom is -0.359 e. The van der Waals surface area contributed by atoms with Crippen molar-refractivity contribution in [2.45, 2.75) is 122 Å². The normalized spacial score (nSPS) is 12.4. The monoisotopic (exact) mass is 572 g/mol. The van der Waals surface area contributed by atoms with Crippen LogP contribution in [0, 0.1) is 43.9 Å². The molecule has 1 nitrogen and oxygen atoms in total. The van der Waals surface area contributed by atoms with E-state index in [1.807, 2.05) is 52.0 Å². The first-order valence-electron chi connectivity index (χ1n) is 16.6. The summed E-state index contributed by atoms with van der Waals surface area (Å²) in [6.07, 6.45) is 12.3. The van der Waals surface area contributed by atoms with Gasteiger partial charge in [0.1, 0.15) is 0 Å². The van der Waals surface area contributed by atoms with Gasteiger partial charge in [0.05, 0.1) is 0 Å². The number of H-pyrrole nitrogens is 1. The van der Waals surface area contributed by atoms with Crippen molar-refractivity contribution in [1.82, 2.24) is 4.98 Å². The van der Waals surface area contributed by atoms with Crippen LogP contribution in [0.3, 0.4) is 0 Å². The zero-order valence-corrected chi connectivity index (χ0v) is 29.6. The van der Waals surface area contributed by atoms with Crippen molar-refractivity contribution in [3.63, 3.8) is 0 Å². The van der Waals surface area contributed by atoms with Gasteiger partial charge >= 0.3 is 0 Å². The van der Waals surface area contributed by atoms with Gasteiger partial charge in [0.25, 0.3) is 0 Å². The summed E-state index contributed by atoms with van der Waals surface area (Å²) in [6, 6.07) is 23.1. The number of terminal acetylenes is 1. The summed E-state index contributed by atoms with van der Waals surface area (Å²) in [5, 5.41) is 0. The standard InChI is InChI=1S/C15H26.C11H11N.C11H16.2C2H6/c1-7-10-13(6)15(11-8-2)14(9-3)12(4)5;1-9-7-8-11(12-9)10-5-3-2-4-6-10;1-4-9(2)11-8-6-5-7-10(11)3;2*1-2/h1,10,12,14-15H,8-9,11H2,2-6H3;2-8,12H,1H3;5-9H,4H2,1-3H3;2*1-2H3/b13-10-;;;;. The van der Waals surface area contributed by atoms with E-state index in [0.29, 0.717) is 11.8 Å². The van der Waals surface area contributed by atoms with Gasteiger partial charge in [-0.3, -0.25) is 0 Å². The number of hydrogen-bond donors (Lipinski definition) is 1. The molecule has 1 aromatic heterocycles. The summed E-state index contributed by atoms with van der Waals surface area (Å²) in [6.45, 7) is 28.1. The molecule has 0 saturated carbocycles. The van der Waals surface area contributed by atoms with Crippen LogP contribution in [0.15, 0.2) is 78.4 Å². The first kappa shape index (κ1) is 41.2. The van der Waals surface area contributed by atoms with Crippen LogP contribution >= 0.6 is 0 Å². The van der Waals surface area contributed by atoms with Gasteiger partial charge in [-0.25, -0.2) is 0 Å². The second kappa shape index (κ2) is 25.7. The van der Waals surface area contributed by atoms with Crippen molar-refractivity contribution < 1.29 is 0 Å². The minimum absolute atomic E-state index is 0.677. The van der Waals surface area contributed by atoms with Crippen LogP contribution in [0.4, 0.5) is 0 Å². The van der Waals surface area contributed by atoms with Gasteiger partial charge < -0.3 is 4.98 Å². The van der Waals surface area contributed by atoms with Crippen LogP contribution < -0.4 is 0 Å². The Bertz CT molecular complexity index is 1090. The lowest BCUT2D eigenvalue weighted by molar-refractivity contribution is 0.262. The van der Waals surface area contributed by atoms with Gasteiger partial charge in [0.2, 0.25) is 0 Å². The number of benzene rings is 2. The van der Waals surface area contributed by atoms with Gasteiger partial charge in [-0.05, 0) is 92.2 Å². The Morgan fingerprint density at radius 2 is 1.38 bits per heavy atom. The van der Waals surface area contributed by atoms with E-state index in [9.17, 15) is 0 Å². The lowest BCUT2D eigenvalue weighted by Gasteiger charge is -2.30. The summed E-state index contributed by atoms with van der Waals surface area (Å²) in [5.41, 5.74) is 7.93. The van der Waals surface area contributed by atoms with Gasteiger partial charge in [-0.1, -0.05) is 148 Å². The molecule has 2 aromatic carbocycles. The lowest BCUT2D eigenvalue weighted by atomic mass is 9.75. The van der Waals surface area contributed by atoms with E-state index < -0.39 is 0 Å². The molecule has 1 heterocycles.